The van der Waals surface area contributed by atoms with Gasteiger partial charge in [0.05, 0.1) is 12.3 Å². The number of aliphatic hydroxyl groups is 1. The summed E-state index contributed by atoms with van der Waals surface area (Å²) < 4.78 is 1.85. The molecule has 1 aromatic heterocycles. The van der Waals surface area contributed by atoms with E-state index in [-0.39, 0.29) is 5.41 Å². The van der Waals surface area contributed by atoms with Gasteiger partial charge in [-0.05, 0) is 37.3 Å². The predicted octanol–water partition coefficient (Wildman–Crippen LogP) is 2.07. The number of aryl methyl sites for hydroxylation is 2. The lowest BCUT2D eigenvalue weighted by Gasteiger charge is -2.40. The molecule has 0 saturated carbocycles. The number of rotatable bonds is 4. The topological polar surface area (TPSA) is 64.1 Å². The van der Waals surface area contributed by atoms with Crippen molar-refractivity contribution in [2.45, 2.75) is 38.8 Å². The van der Waals surface area contributed by atoms with Crippen LogP contribution in [-0.2, 0) is 19.4 Å². The summed E-state index contributed by atoms with van der Waals surface area (Å²) in [7, 11) is 0. The molecule has 0 amide bonds. The van der Waals surface area contributed by atoms with Gasteiger partial charge >= 0.3 is 0 Å². The molecule has 0 bridgehead atoms. The van der Waals surface area contributed by atoms with Crippen LogP contribution in [-0.4, -0.2) is 21.4 Å². The molecule has 4 heteroatoms. The monoisotopic (exact) mass is 285 g/mol. The maximum Gasteiger partial charge on any atom is 0.0891 e. The molecule has 21 heavy (non-hydrogen) atoms. The Labute approximate surface area is 125 Å². The van der Waals surface area contributed by atoms with Crippen molar-refractivity contribution >= 4 is 0 Å². The summed E-state index contributed by atoms with van der Waals surface area (Å²) in [5.74, 6) is 0. The fraction of sp³-hybridized carbons (Fsp3) is 0.471. The molecule has 0 spiro atoms. The zero-order valence-corrected chi connectivity index (χ0v) is 12.5. The lowest BCUT2D eigenvalue weighted by Crippen LogP contribution is -2.41. The van der Waals surface area contributed by atoms with E-state index < -0.39 is 6.10 Å². The van der Waals surface area contributed by atoms with E-state index in [0.717, 1.165) is 31.4 Å². The number of hydrogen-bond acceptors (Lipinski definition) is 3. The van der Waals surface area contributed by atoms with Crippen LogP contribution in [0.5, 0.6) is 0 Å². The van der Waals surface area contributed by atoms with Gasteiger partial charge in [-0.25, -0.2) is 0 Å². The Morgan fingerprint density at radius 3 is 2.81 bits per heavy atom. The van der Waals surface area contributed by atoms with Crippen LogP contribution in [0.25, 0.3) is 0 Å². The molecule has 2 aromatic rings. The molecule has 0 fully saturated rings. The first-order chi connectivity index (χ1) is 10.2. The minimum absolute atomic E-state index is 0.282. The van der Waals surface area contributed by atoms with Gasteiger partial charge in [-0.2, -0.15) is 5.10 Å². The normalized spacial score (nSPS) is 22.8. The fourth-order valence-electron chi connectivity index (χ4n) is 3.39. The minimum atomic E-state index is -0.559. The Kier molecular flexibility index (Phi) is 3.83. The van der Waals surface area contributed by atoms with Crippen LogP contribution < -0.4 is 5.73 Å². The average Bonchev–Trinajstić information content (AvgIpc) is 3.02. The molecule has 1 aliphatic rings. The van der Waals surface area contributed by atoms with Gasteiger partial charge in [-0.3, -0.25) is 4.68 Å². The van der Waals surface area contributed by atoms with E-state index in [2.05, 4.69) is 29.4 Å². The van der Waals surface area contributed by atoms with E-state index in [1.807, 2.05) is 17.8 Å². The maximum absolute atomic E-state index is 10.9. The highest BCUT2D eigenvalue weighted by Crippen LogP contribution is 2.44. The first-order valence-corrected chi connectivity index (χ1v) is 7.66. The van der Waals surface area contributed by atoms with Crippen molar-refractivity contribution in [3.05, 3.63) is 53.3 Å². The van der Waals surface area contributed by atoms with Gasteiger partial charge in [0.2, 0.25) is 0 Å². The molecule has 4 nitrogen and oxygen atoms in total. The summed E-state index contributed by atoms with van der Waals surface area (Å²) in [5.41, 5.74) is 9.38. The van der Waals surface area contributed by atoms with Gasteiger partial charge in [0.1, 0.15) is 0 Å². The van der Waals surface area contributed by atoms with Crippen molar-refractivity contribution in [2.24, 2.45) is 11.1 Å². The third-order valence-corrected chi connectivity index (χ3v) is 4.83. The predicted molar refractivity (Wildman–Crippen MR) is 82.8 cm³/mol. The highest BCUT2D eigenvalue weighted by molar-refractivity contribution is 5.32. The summed E-state index contributed by atoms with van der Waals surface area (Å²) in [6.45, 7) is 3.34. The quantitative estimate of drug-likeness (QED) is 0.904. The summed E-state index contributed by atoms with van der Waals surface area (Å²) in [6, 6.07) is 8.47. The summed E-state index contributed by atoms with van der Waals surface area (Å²) in [6.07, 6.45) is 5.87. The van der Waals surface area contributed by atoms with Crippen molar-refractivity contribution in [2.75, 3.05) is 6.54 Å². The summed E-state index contributed by atoms with van der Waals surface area (Å²) in [4.78, 5) is 0. The van der Waals surface area contributed by atoms with Gasteiger partial charge < -0.3 is 10.8 Å². The number of fused-ring (bicyclic) bond motifs is 1. The maximum atomic E-state index is 10.9. The number of benzene rings is 1. The number of aliphatic hydroxyl groups excluding tert-OH is 1. The van der Waals surface area contributed by atoms with Crippen LogP contribution in [0.4, 0.5) is 0 Å². The van der Waals surface area contributed by atoms with Crippen molar-refractivity contribution in [3.63, 3.8) is 0 Å². The molecular weight excluding hydrogens is 262 g/mol. The van der Waals surface area contributed by atoms with Crippen LogP contribution in [0.3, 0.4) is 0 Å². The lowest BCUT2D eigenvalue weighted by molar-refractivity contribution is 0.0177. The molecule has 0 saturated heterocycles. The van der Waals surface area contributed by atoms with E-state index in [1.165, 1.54) is 11.1 Å². The average molecular weight is 285 g/mol. The fourth-order valence-corrected chi connectivity index (χ4v) is 3.39. The van der Waals surface area contributed by atoms with Gasteiger partial charge in [-0.1, -0.05) is 24.3 Å². The number of aromatic nitrogens is 2. The summed E-state index contributed by atoms with van der Waals surface area (Å²) in [5, 5.41) is 15.2. The zero-order chi connectivity index (χ0) is 14.9. The summed E-state index contributed by atoms with van der Waals surface area (Å²) >= 11 is 0. The molecule has 0 aliphatic heterocycles. The van der Waals surface area contributed by atoms with Crippen LogP contribution in [0.1, 0.15) is 36.1 Å². The minimum Gasteiger partial charge on any atom is -0.388 e. The van der Waals surface area contributed by atoms with Crippen LogP contribution in [0, 0.1) is 5.41 Å². The first-order valence-electron chi connectivity index (χ1n) is 7.66. The van der Waals surface area contributed by atoms with Gasteiger partial charge in [0.15, 0.2) is 0 Å². The van der Waals surface area contributed by atoms with Gasteiger partial charge in [0.25, 0.3) is 0 Å². The number of hydrogen-bond donors (Lipinski definition) is 2. The third kappa shape index (κ3) is 2.49. The Balaban J connectivity index is 1.91. The molecule has 2 atom stereocenters. The molecule has 1 heterocycles. The highest BCUT2D eigenvalue weighted by atomic mass is 16.3. The largest absolute Gasteiger partial charge is 0.388 e. The van der Waals surface area contributed by atoms with Crippen LogP contribution in [0.15, 0.2) is 36.7 Å². The third-order valence-electron chi connectivity index (χ3n) is 4.83. The SMILES string of the molecule is CCn1cc(C(O)C2(CN)CCc3ccccc3C2)cn1. The van der Waals surface area contributed by atoms with E-state index in [0.29, 0.717) is 6.54 Å². The second-order valence-corrected chi connectivity index (χ2v) is 6.04. The van der Waals surface area contributed by atoms with E-state index >= 15 is 0 Å². The number of nitrogens with two attached hydrogens (primary N) is 1. The molecule has 0 radical (unpaired) electrons. The Bertz CT molecular complexity index is 622. The standard InChI is InChI=1S/C17H23N3O/c1-2-20-11-15(10-19-20)16(21)17(12-18)8-7-13-5-3-4-6-14(13)9-17/h3-6,10-11,16,21H,2,7-9,12,18H2,1H3. The Morgan fingerprint density at radius 2 is 2.14 bits per heavy atom. The molecule has 3 rings (SSSR count). The molecule has 112 valence electrons. The Hall–Kier alpha value is -1.65. The van der Waals surface area contributed by atoms with Crippen molar-refractivity contribution < 1.29 is 5.11 Å². The lowest BCUT2D eigenvalue weighted by atomic mass is 9.67. The van der Waals surface area contributed by atoms with E-state index in [4.69, 9.17) is 5.73 Å². The molecule has 1 aromatic carbocycles. The highest BCUT2D eigenvalue weighted by Gasteiger charge is 2.40. The van der Waals surface area contributed by atoms with E-state index in [1.54, 1.807) is 6.20 Å². The second kappa shape index (κ2) is 5.62. The van der Waals surface area contributed by atoms with Gasteiger partial charge in [-0.15, -0.1) is 0 Å². The first kappa shape index (κ1) is 14.3. The Morgan fingerprint density at radius 1 is 1.38 bits per heavy atom. The van der Waals surface area contributed by atoms with E-state index in [9.17, 15) is 5.11 Å². The van der Waals surface area contributed by atoms with Crippen molar-refractivity contribution in [1.29, 1.82) is 0 Å². The second-order valence-electron chi connectivity index (χ2n) is 6.04. The smallest absolute Gasteiger partial charge is 0.0891 e. The number of nitrogens with zero attached hydrogens (tertiary/aromatic N) is 2. The van der Waals surface area contributed by atoms with Gasteiger partial charge in [0, 0.05) is 30.3 Å². The van der Waals surface area contributed by atoms with Crippen LogP contribution >= 0.6 is 0 Å². The molecular formula is C17H23N3O. The van der Waals surface area contributed by atoms with Crippen molar-refractivity contribution in [3.8, 4) is 0 Å². The zero-order valence-electron chi connectivity index (χ0n) is 12.5. The molecule has 3 N–H and O–H groups in total. The van der Waals surface area contributed by atoms with Crippen molar-refractivity contribution in [1.82, 2.24) is 9.78 Å². The van der Waals surface area contributed by atoms with Crippen LogP contribution in [0.2, 0.25) is 0 Å². The molecule has 1 aliphatic carbocycles. The molecule has 2 unspecified atom stereocenters.